The highest BCUT2D eigenvalue weighted by Crippen LogP contribution is 2.61. The Balaban J connectivity index is 2.42. The van der Waals surface area contributed by atoms with Crippen LogP contribution in [0.25, 0.3) is 0 Å². The van der Waals surface area contributed by atoms with Crippen molar-refractivity contribution in [3.8, 4) is 0 Å². The molecule has 0 radical (unpaired) electrons. The number of hydrogen-bond acceptors (Lipinski definition) is 1. The molecular formula is C13H18ClOP. The number of hydrogen-bond donors (Lipinski definition) is 0. The Labute approximate surface area is 103 Å². The summed E-state index contributed by atoms with van der Waals surface area (Å²) in [5.41, 5.74) is 0.129. The van der Waals surface area contributed by atoms with E-state index in [2.05, 4.69) is 0 Å². The first kappa shape index (κ1) is 12.2. The Morgan fingerprint density at radius 2 is 1.94 bits per heavy atom. The summed E-state index contributed by atoms with van der Waals surface area (Å²) in [5.74, 6) is 0. The van der Waals surface area contributed by atoms with E-state index in [4.69, 9.17) is 11.6 Å². The summed E-state index contributed by atoms with van der Waals surface area (Å²) in [6.07, 6.45) is 2.84. The molecule has 1 aromatic rings. The smallest absolute Gasteiger partial charge is 0.120 e. The molecule has 1 heterocycles. The minimum absolute atomic E-state index is 0.129. The van der Waals surface area contributed by atoms with Crippen molar-refractivity contribution in [3.05, 3.63) is 30.3 Å². The van der Waals surface area contributed by atoms with Crippen LogP contribution in [0.5, 0.6) is 0 Å². The van der Waals surface area contributed by atoms with Crippen LogP contribution in [0.3, 0.4) is 0 Å². The lowest BCUT2D eigenvalue weighted by molar-refractivity contribution is 0.554. The Morgan fingerprint density at radius 3 is 2.50 bits per heavy atom. The lowest BCUT2D eigenvalue weighted by atomic mass is 10.1. The van der Waals surface area contributed by atoms with Crippen molar-refractivity contribution in [2.45, 2.75) is 37.2 Å². The molecule has 0 N–H and O–H groups in total. The predicted octanol–water partition coefficient (Wildman–Crippen LogP) is 3.85. The van der Waals surface area contributed by atoms with Crippen LogP contribution in [0.2, 0.25) is 0 Å². The highest BCUT2D eigenvalue weighted by Gasteiger charge is 2.46. The lowest BCUT2D eigenvalue weighted by Gasteiger charge is -2.30. The zero-order valence-electron chi connectivity index (χ0n) is 9.82. The molecule has 2 rings (SSSR count). The van der Waals surface area contributed by atoms with Crippen molar-refractivity contribution in [3.63, 3.8) is 0 Å². The first-order valence-electron chi connectivity index (χ1n) is 5.78. The first-order chi connectivity index (χ1) is 7.44. The second-order valence-corrected chi connectivity index (χ2v) is 9.23. The van der Waals surface area contributed by atoms with E-state index in [1.54, 1.807) is 0 Å². The third-order valence-corrected chi connectivity index (χ3v) is 7.94. The van der Waals surface area contributed by atoms with Gasteiger partial charge in [0.15, 0.2) is 0 Å². The maximum atomic E-state index is 13.1. The summed E-state index contributed by atoms with van der Waals surface area (Å²) in [6.45, 7) is 3.97. The number of alkyl halides is 1. The van der Waals surface area contributed by atoms with Crippen LogP contribution in [-0.2, 0) is 4.57 Å². The molecule has 3 heteroatoms. The van der Waals surface area contributed by atoms with Gasteiger partial charge in [-0.15, -0.1) is 11.6 Å². The van der Waals surface area contributed by atoms with Gasteiger partial charge in [-0.2, -0.15) is 0 Å². The molecule has 1 fully saturated rings. The normalized spacial score (nSPS) is 30.6. The third-order valence-electron chi connectivity index (χ3n) is 3.46. The van der Waals surface area contributed by atoms with E-state index in [9.17, 15) is 4.57 Å². The lowest BCUT2D eigenvalue weighted by Crippen LogP contribution is -2.30. The van der Waals surface area contributed by atoms with Crippen LogP contribution in [0, 0.1) is 0 Å². The van der Waals surface area contributed by atoms with Crippen molar-refractivity contribution in [2.24, 2.45) is 0 Å². The van der Waals surface area contributed by atoms with E-state index in [1.165, 1.54) is 0 Å². The van der Waals surface area contributed by atoms with Gasteiger partial charge in [0, 0.05) is 22.0 Å². The average molecular weight is 257 g/mol. The van der Waals surface area contributed by atoms with Crippen LogP contribution >= 0.6 is 18.7 Å². The van der Waals surface area contributed by atoms with Gasteiger partial charge in [0.2, 0.25) is 0 Å². The van der Waals surface area contributed by atoms with Gasteiger partial charge in [0.25, 0.3) is 0 Å². The van der Waals surface area contributed by atoms with E-state index in [0.29, 0.717) is 0 Å². The second kappa shape index (κ2) is 4.20. The molecule has 1 nitrogen and oxygen atoms in total. The summed E-state index contributed by atoms with van der Waals surface area (Å²) in [7, 11) is -2.29. The van der Waals surface area contributed by atoms with E-state index in [-0.39, 0.29) is 10.5 Å². The van der Waals surface area contributed by atoms with Crippen molar-refractivity contribution >= 4 is 24.0 Å². The van der Waals surface area contributed by atoms with E-state index >= 15 is 0 Å². The van der Waals surface area contributed by atoms with Gasteiger partial charge >= 0.3 is 0 Å². The molecule has 1 aliphatic rings. The van der Waals surface area contributed by atoms with E-state index in [1.807, 2.05) is 44.2 Å². The largest absolute Gasteiger partial charge is 0.318 e. The van der Waals surface area contributed by atoms with Gasteiger partial charge in [-0.3, -0.25) is 0 Å². The SMILES string of the molecule is CC(C)(Cl)[C@@H]1CCCP1(=O)c1ccccc1. The van der Waals surface area contributed by atoms with Crippen LogP contribution in [0.4, 0.5) is 0 Å². The number of halogens is 1. The Morgan fingerprint density at radius 1 is 1.31 bits per heavy atom. The van der Waals surface area contributed by atoms with Crippen molar-refractivity contribution < 1.29 is 4.57 Å². The summed E-state index contributed by atoms with van der Waals surface area (Å²) in [6, 6.07) is 9.87. The number of benzene rings is 1. The zero-order chi connectivity index (χ0) is 11.8. The van der Waals surface area contributed by atoms with Crippen molar-refractivity contribution in [1.29, 1.82) is 0 Å². The fourth-order valence-corrected chi connectivity index (χ4v) is 7.14. The fourth-order valence-electron chi connectivity index (χ4n) is 2.71. The Bertz CT molecular complexity index is 408. The molecular weight excluding hydrogens is 239 g/mol. The molecule has 1 saturated heterocycles. The zero-order valence-corrected chi connectivity index (χ0v) is 11.5. The molecule has 0 saturated carbocycles. The first-order valence-corrected chi connectivity index (χ1v) is 8.12. The molecule has 88 valence electrons. The van der Waals surface area contributed by atoms with Crippen LogP contribution in [-0.4, -0.2) is 16.7 Å². The maximum absolute atomic E-state index is 13.1. The fraction of sp³-hybridized carbons (Fsp3) is 0.538. The van der Waals surface area contributed by atoms with Gasteiger partial charge in [-0.25, -0.2) is 0 Å². The molecule has 1 aromatic carbocycles. The van der Waals surface area contributed by atoms with E-state index < -0.39 is 7.14 Å². The quantitative estimate of drug-likeness (QED) is 0.580. The highest BCUT2D eigenvalue weighted by molar-refractivity contribution is 7.72. The molecule has 0 amide bonds. The highest BCUT2D eigenvalue weighted by atomic mass is 35.5. The standard InChI is InChI=1S/C13H18ClOP/c1-13(2,14)12-9-6-10-16(12,15)11-7-4-3-5-8-11/h3-5,7-8,12H,6,9-10H2,1-2H3/t12-,16?/m0/s1. The Hall–Kier alpha value is -0.260. The predicted molar refractivity (Wildman–Crippen MR) is 71.5 cm³/mol. The van der Waals surface area contributed by atoms with E-state index in [0.717, 1.165) is 24.3 Å². The van der Waals surface area contributed by atoms with Crippen LogP contribution in [0.1, 0.15) is 26.7 Å². The molecule has 0 aliphatic carbocycles. The topological polar surface area (TPSA) is 17.1 Å². The third kappa shape index (κ3) is 2.08. The van der Waals surface area contributed by atoms with Crippen molar-refractivity contribution in [1.82, 2.24) is 0 Å². The molecule has 1 unspecified atom stereocenters. The number of rotatable bonds is 2. The minimum Gasteiger partial charge on any atom is -0.318 e. The maximum Gasteiger partial charge on any atom is 0.120 e. The van der Waals surface area contributed by atoms with Gasteiger partial charge in [0.1, 0.15) is 7.14 Å². The molecule has 2 atom stereocenters. The van der Waals surface area contributed by atoms with Gasteiger partial charge < -0.3 is 4.57 Å². The molecule has 1 aliphatic heterocycles. The Kier molecular flexibility index (Phi) is 3.20. The van der Waals surface area contributed by atoms with Crippen molar-refractivity contribution in [2.75, 3.05) is 6.16 Å². The molecule has 16 heavy (non-hydrogen) atoms. The second-order valence-electron chi connectivity index (χ2n) is 5.08. The van der Waals surface area contributed by atoms with Gasteiger partial charge in [-0.05, 0) is 26.7 Å². The van der Waals surface area contributed by atoms with Gasteiger partial charge in [0.05, 0.1) is 0 Å². The van der Waals surface area contributed by atoms with Crippen LogP contribution in [0.15, 0.2) is 30.3 Å². The summed E-state index contributed by atoms with van der Waals surface area (Å²) in [5, 5.41) is 1.01. The average Bonchev–Trinajstić information content (AvgIpc) is 2.63. The molecule has 0 bridgehead atoms. The summed E-state index contributed by atoms with van der Waals surface area (Å²) in [4.78, 5) is -0.373. The monoisotopic (exact) mass is 256 g/mol. The molecule has 0 aromatic heterocycles. The summed E-state index contributed by atoms with van der Waals surface area (Å²) >= 11 is 6.40. The van der Waals surface area contributed by atoms with Crippen LogP contribution < -0.4 is 5.30 Å². The summed E-state index contributed by atoms with van der Waals surface area (Å²) < 4.78 is 13.1. The minimum atomic E-state index is -2.29. The van der Waals surface area contributed by atoms with Gasteiger partial charge in [-0.1, -0.05) is 30.3 Å². The molecule has 0 spiro atoms.